The van der Waals surface area contributed by atoms with E-state index in [1.165, 1.54) is 0 Å². The summed E-state index contributed by atoms with van der Waals surface area (Å²) in [5.74, 6) is -0.909. The van der Waals surface area contributed by atoms with Gasteiger partial charge in [-0.25, -0.2) is 0 Å². The Kier molecular flexibility index (Phi) is 3.64. The lowest BCUT2D eigenvalue weighted by Crippen LogP contribution is -2.43. The predicted molar refractivity (Wildman–Crippen MR) is 72.4 cm³/mol. The smallest absolute Gasteiger partial charge is 0.313 e. The van der Waals surface area contributed by atoms with Gasteiger partial charge in [0.1, 0.15) is 11.5 Å². The average molecular weight is 275 g/mol. The highest BCUT2D eigenvalue weighted by Gasteiger charge is 2.46. The van der Waals surface area contributed by atoms with Crippen molar-refractivity contribution in [1.82, 2.24) is 4.98 Å². The van der Waals surface area contributed by atoms with Gasteiger partial charge in [0, 0.05) is 5.69 Å². The molecule has 106 valence electrons. The zero-order valence-corrected chi connectivity index (χ0v) is 11.7. The minimum Gasteiger partial charge on any atom is -0.481 e. The molecule has 1 fully saturated rings. The first-order valence-corrected chi connectivity index (χ1v) is 6.34. The van der Waals surface area contributed by atoms with Crippen LogP contribution in [0.4, 0.5) is 5.69 Å². The predicted octanol–water partition coefficient (Wildman–Crippen LogP) is 1.47. The van der Waals surface area contributed by atoms with Gasteiger partial charge in [0.2, 0.25) is 0 Å². The average Bonchev–Trinajstić information content (AvgIpc) is 2.72. The molecule has 2 atom stereocenters. The molecule has 0 amide bonds. The molecule has 1 saturated heterocycles. The third-order valence-corrected chi connectivity index (χ3v) is 3.71. The van der Waals surface area contributed by atoms with E-state index in [-0.39, 0.29) is 12.6 Å². The number of carboxylic acids is 1. The first-order valence-electron chi connectivity index (χ1n) is 6.34. The van der Waals surface area contributed by atoms with Crippen molar-refractivity contribution in [3.8, 4) is 6.07 Å². The minimum atomic E-state index is -1.00. The molecule has 2 unspecified atom stereocenters. The second-order valence-electron chi connectivity index (χ2n) is 5.32. The number of carboxylic acid groups (broad SMARTS) is 1. The number of nitrogens with zero attached hydrogens (tertiary/aromatic N) is 2. The summed E-state index contributed by atoms with van der Waals surface area (Å²) in [6.07, 6.45) is 0. The molecule has 1 aliphatic heterocycles. The highest BCUT2D eigenvalue weighted by molar-refractivity contribution is 5.77. The van der Waals surface area contributed by atoms with Gasteiger partial charge in [-0.05, 0) is 26.8 Å². The maximum Gasteiger partial charge on any atom is 0.313 e. The van der Waals surface area contributed by atoms with Crippen LogP contribution in [0.3, 0.4) is 0 Å². The van der Waals surface area contributed by atoms with Crippen LogP contribution in [-0.4, -0.2) is 35.3 Å². The molecule has 2 rings (SSSR count). The van der Waals surface area contributed by atoms with E-state index < -0.39 is 11.4 Å². The van der Waals surface area contributed by atoms with Crippen LogP contribution in [0.15, 0.2) is 6.07 Å². The molecule has 1 aliphatic rings. The number of ether oxygens (including phenoxy) is 1. The second-order valence-corrected chi connectivity index (χ2v) is 5.32. The molecule has 0 aromatic carbocycles. The van der Waals surface area contributed by atoms with E-state index in [0.29, 0.717) is 23.6 Å². The van der Waals surface area contributed by atoms with Crippen LogP contribution in [0.1, 0.15) is 23.9 Å². The van der Waals surface area contributed by atoms with E-state index in [0.717, 1.165) is 5.69 Å². The summed E-state index contributed by atoms with van der Waals surface area (Å²) in [4.78, 5) is 15.7. The van der Waals surface area contributed by atoms with E-state index in [1.54, 1.807) is 19.9 Å². The Morgan fingerprint density at radius 2 is 2.35 bits per heavy atom. The van der Waals surface area contributed by atoms with Gasteiger partial charge in [0.15, 0.2) is 0 Å². The quantitative estimate of drug-likeness (QED) is 0.867. The van der Waals surface area contributed by atoms with Crippen LogP contribution in [0.5, 0.6) is 0 Å². The molecule has 2 N–H and O–H groups in total. The van der Waals surface area contributed by atoms with E-state index in [9.17, 15) is 15.2 Å². The van der Waals surface area contributed by atoms with Crippen molar-refractivity contribution in [1.29, 1.82) is 5.26 Å². The van der Waals surface area contributed by atoms with Crippen molar-refractivity contribution in [3.63, 3.8) is 0 Å². The van der Waals surface area contributed by atoms with E-state index >= 15 is 0 Å². The van der Waals surface area contributed by atoms with Gasteiger partial charge in [-0.1, -0.05) is 0 Å². The summed E-state index contributed by atoms with van der Waals surface area (Å²) in [5.41, 5.74) is 1.46. The highest BCUT2D eigenvalue weighted by atomic mass is 16.5. The molecule has 0 saturated carbocycles. The SMILES string of the molecule is Cc1cc(NC2COCC2(C)C(=O)O)c(C#N)c(C)n1. The number of aryl methyl sites for hydroxylation is 2. The van der Waals surface area contributed by atoms with Crippen molar-refractivity contribution in [2.75, 3.05) is 18.5 Å². The standard InChI is InChI=1S/C14H17N3O3/c1-8-4-11(10(5-15)9(2)16-8)17-12-6-20-7-14(12,3)13(18)19/h4,12H,6-7H2,1-3H3,(H,16,17)(H,18,19). The van der Waals surface area contributed by atoms with E-state index in [4.69, 9.17) is 4.74 Å². The zero-order valence-electron chi connectivity index (χ0n) is 11.7. The molecule has 1 aromatic heterocycles. The second kappa shape index (κ2) is 5.10. The first-order chi connectivity index (χ1) is 9.38. The summed E-state index contributed by atoms with van der Waals surface area (Å²) < 4.78 is 5.30. The summed E-state index contributed by atoms with van der Waals surface area (Å²) in [6, 6.07) is 3.48. The lowest BCUT2D eigenvalue weighted by molar-refractivity contribution is -0.148. The van der Waals surface area contributed by atoms with Crippen LogP contribution < -0.4 is 5.32 Å². The number of nitriles is 1. The Hall–Kier alpha value is -2.13. The fourth-order valence-corrected chi connectivity index (χ4v) is 2.36. The van der Waals surface area contributed by atoms with Crippen LogP contribution in [0.25, 0.3) is 0 Å². The molecular formula is C14H17N3O3. The highest BCUT2D eigenvalue weighted by Crippen LogP contribution is 2.32. The summed E-state index contributed by atoms with van der Waals surface area (Å²) in [5, 5.41) is 21.7. The molecule has 0 radical (unpaired) electrons. The van der Waals surface area contributed by atoms with Crippen LogP contribution in [0.2, 0.25) is 0 Å². The Morgan fingerprint density at radius 1 is 1.65 bits per heavy atom. The maximum absolute atomic E-state index is 11.4. The third kappa shape index (κ3) is 2.32. The molecule has 6 nitrogen and oxygen atoms in total. The van der Waals surface area contributed by atoms with E-state index in [1.807, 2.05) is 6.92 Å². The van der Waals surface area contributed by atoms with Crippen molar-refractivity contribution in [2.24, 2.45) is 5.41 Å². The fraction of sp³-hybridized carbons (Fsp3) is 0.500. The van der Waals surface area contributed by atoms with Gasteiger partial charge >= 0.3 is 5.97 Å². The number of anilines is 1. The lowest BCUT2D eigenvalue weighted by Gasteiger charge is -2.27. The van der Waals surface area contributed by atoms with Gasteiger partial charge in [-0.15, -0.1) is 0 Å². The van der Waals surface area contributed by atoms with Gasteiger partial charge in [0.05, 0.1) is 36.2 Å². The number of aliphatic carboxylic acids is 1. The summed E-state index contributed by atoms with van der Waals surface area (Å²) in [7, 11) is 0. The molecule has 0 spiro atoms. The van der Waals surface area contributed by atoms with Gasteiger partial charge < -0.3 is 15.2 Å². The Bertz CT molecular complexity index is 594. The van der Waals surface area contributed by atoms with Crippen molar-refractivity contribution >= 4 is 11.7 Å². The monoisotopic (exact) mass is 275 g/mol. The van der Waals surface area contributed by atoms with Gasteiger partial charge in [0.25, 0.3) is 0 Å². The minimum absolute atomic E-state index is 0.158. The lowest BCUT2D eigenvalue weighted by atomic mass is 9.85. The molecule has 2 heterocycles. The number of nitrogens with one attached hydrogen (secondary N) is 1. The molecule has 0 bridgehead atoms. The molecule has 1 aromatic rings. The number of carbonyl (C=O) groups is 1. The zero-order chi connectivity index (χ0) is 14.9. The maximum atomic E-state index is 11.4. The van der Waals surface area contributed by atoms with Crippen LogP contribution >= 0.6 is 0 Å². The Balaban J connectivity index is 2.36. The van der Waals surface area contributed by atoms with Gasteiger partial charge in [-0.3, -0.25) is 9.78 Å². The molecule has 20 heavy (non-hydrogen) atoms. The van der Waals surface area contributed by atoms with Crippen LogP contribution in [-0.2, 0) is 9.53 Å². The molecule has 0 aliphatic carbocycles. The number of hydrogen-bond acceptors (Lipinski definition) is 5. The number of rotatable bonds is 3. The van der Waals surface area contributed by atoms with Crippen molar-refractivity contribution in [2.45, 2.75) is 26.8 Å². The largest absolute Gasteiger partial charge is 0.481 e. The number of aromatic nitrogens is 1. The summed E-state index contributed by atoms with van der Waals surface area (Å²) >= 11 is 0. The molecular weight excluding hydrogens is 258 g/mol. The Labute approximate surface area is 117 Å². The summed E-state index contributed by atoms with van der Waals surface area (Å²) in [6.45, 7) is 5.70. The first kappa shape index (κ1) is 14.3. The van der Waals surface area contributed by atoms with Crippen LogP contribution in [0, 0.1) is 30.6 Å². The fourth-order valence-electron chi connectivity index (χ4n) is 2.36. The Morgan fingerprint density at radius 3 is 2.95 bits per heavy atom. The van der Waals surface area contributed by atoms with Crippen molar-refractivity contribution in [3.05, 3.63) is 23.0 Å². The number of hydrogen-bond donors (Lipinski definition) is 2. The molecule has 6 heteroatoms. The number of pyridine rings is 1. The topological polar surface area (TPSA) is 95.2 Å². The van der Waals surface area contributed by atoms with Crippen molar-refractivity contribution < 1.29 is 14.6 Å². The normalized spacial score (nSPS) is 25.2. The van der Waals surface area contributed by atoms with E-state index in [2.05, 4.69) is 16.4 Å². The third-order valence-electron chi connectivity index (χ3n) is 3.71. The van der Waals surface area contributed by atoms with Gasteiger partial charge in [-0.2, -0.15) is 5.26 Å².